The molecule has 0 N–H and O–H groups in total. The molecular formula is C23H20ClFN2O. The molecule has 142 valence electrons. The van der Waals surface area contributed by atoms with Crippen LogP contribution in [0.2, 0.25) is 5.02 Å². The van der Waals surface area contributed by atoms with Gasteiger partial charge in [-0.15, -0.1) is 0 Å². The lowest BCUT2D eigenvalue weighted by Crippen LogP contribution is -2.05. The van der Waals surface area contributed by atoms with Crippen molar-refractivity contribution in [2.45, 2.75) is 27.0 Å². The highest BCUT2D eigenvalue weighted by Crippen LogP contribution is 2.32. The molecule has 0 aliphatic carbocycles. The van der Waals surface area contributed by atoms with Crippen molar-refractivity contribution >= 4 is 22.5 Å². The Bertz CT molecular complexity index is 1120. The molecule has 28 heavy (non-hydrogen) atoms. The zero-order chi connectivity index (χ0) is 19.7. The fourth-order valence-corrected chi connectivity index (χ4v) is 3.50. The minimum absolute atomic E-state index is 0.257. The Labute approximate surface area is 168 Å². The number of halogens is 2. The first-order valence-corrected chi connectivity index (χ1v) is 9.47. The summed E-state index contributed by atoms with van der Waals surface area (Å²) < 4.78 is 21.4. The lowest BCUT2D eigenvalue weighted by Gasteiger charge is -2.12. The summed E-state index contributed by atoms with van der Waals surface area (Å²) in [5.41, 5.74) is 5.39. The van der Waals surface area contributed by atoms with Crippen molar-refractivity contribution in [3.63, 3.8) is 0 Å². The van der Waals surface area contributed by atoms with Crippen molar-refractivity contribution < 1.29 is 9.13 Å². The first kappa shape index (κ1) is 18.5. The van der Waals surface area contributed by atoms with E-state index in [0.717, 1.165) is 27.1 Å². The standard InChI is InChI=1S/C23H20ClFN2O/c1-15-16(2)27(13-17-3-7-19(24)8-4-17)22-21(15)11-12-26-23(22)28-14-18-5-9-20(25)10-6-18/h3-12H,13-14H2,1-2H3. The van der Waals surface area contributed by atoms with Gasteiger partial charge in [-0.05, 0) is 60.9 Å². The van der Waals surface area contributed by atoms with Crippen LogP contribution in [0.1, 0.15) is 22.4 Å². The van der Waals surface area contributed by atoms with Gasteiger partial charge < -0.3 is 9.30 Å². The molecule has 0 fully saturated rings. The van der Waals surface area contributed by atoms with Crippen LogP contribution in [0.4, 0.5) is 4.39 Å². The first-order valence-electron chi connectivity index (χ1n) is 9.09. The monoisotopic (exact) mass is 394 g/mol. The van der Waals surface area contributed by atoms with Crippen molar-refractivity contribution in [3.05, 3.63) is 94.0 Å². The molecule has 0 aliphatic heterocycles. The fraction of sp³-hybridized carbons (Fsp3) is 0.174. The van der Waals surface area contributed by atoms with Crippen molar-refractivity contribution in [1.82, 2.24) is 9.55 Å². The second-order valence-electron chi connectivity index (χ2n) is 6.85. The summed E-state index contributed by atoms with van der Waals surface area (Å²) in [6.45, 7) is 5.25. The third kappa shape index (κ3) is 3.60. The third-order valence-corrected chi connectivity index (χ3v) is 5.31. The maximum Gasteiger partial charge on any atom is 0.238 e. The van der Waals surface area contributed by atoms with E-state index in [1.807, 2.05) is 30.3 Å². The molecule has 0 amide bonds. The summed E-state index contributed by atoms with van der Waals surface area (Å²) >= 11 is 6.02. The predicted octanol–water partition coefficient (Wildman–Crippen LogP) is 6.07. The molecule has 4 rings (SSSR count). The van der Waals surface area contributed by atoms with Gasteiger partial charge in [0.05, 0.1) is 0 Å². The molecule has 0 aliphatic rings. The number of hydrogen-bond acceptors (Lipinski definition) is 2. The lowest BCUT2D eigenvalue weighted by atomic mass is 10.2. The van der Waals surface area contributed by atoms with E-state index < -0.39 is 0 Å². The van der Waals surface area contributed by atoms with E-state index in [2.05, 4.69) is 23.4 Å². The molecule has 2 heterocycles. The van der Waals surface area contributed by atoms with Crippen molar-refractivity contribution in [1.29, 1.82) is 0 Å². The molecule has 4 aromatic rings. The highest BCUT2D eigenvalue weighted by molar-refractivity contribution is 6.30. The number of pyridine rings is 1. The molecule has 0 atom stereocenters. The van der Waals surface area contributed by atoms with Crippen molar-refractivity contribution in [3.8, 4) is 5.88 Å². The van der Waals surface area contributed by atoms with Crippen LogP contribution in [0.25, 0.3) is 10.9 Å². The summed E-state index contributed by atoms with van der Waals surface area (Å²) in [5, 5.41) is 1.84. The Morgan fingerprint density at radius 3 is 2.36 bits per heavy atom. The van der Waals surface area contributed by atoms with Gasteiger partial charge in [-0.1, -0.05) is 35.9 Å². The molecule has 2 aromatic heterocycles. The number of benzene rings is 2. The van der Waals surface area contributed by atoms with Crippen LogP contribution in [0.5, 0.6) is 5.88 Å². The third-order valence-electron chi connectivity index (χ3n) is 5.05. The smallest absolute Gasteiger partial charge is 0.238 e. The summed E-state index contributed by atoms with van der Waals surface area (Å²) in [6, 6.07) is 16.2. The van der Waals surface area contributed by atoms with Gasteiger partial charge in [-0.3, -0.25) is 0 Å². The molecule has 0 spiro atoms. The summed E-state index contributed by atoms with van der Waals surface area (Å²) in [6.07, 6.45) is 1.77. The molecule has 5 heteroatoms. The minimum atomic E-state index is -0.257. The van der Waals surface area contributed by atoms with E-state index in [1.165, 1.54) is 23.4 Å². The average molecular weight is 395 g/mol. The number of ether oxygens (including phenoxy) is 1. The van der Waals surface area contributed by atoms with Gasteiger partial charge in [-0.25, -0.2) is 9.37 Å². The van der Waals surface area contributed by atoms with E-state index >= 15 is 0 Å². The van der Waals surface area contributed by atoms with Crippen LogP contribution in [-0.4, -0.2) is 9.55 Å². The number of nitrogens with zero attached hydrogens (tertiary/aromatic N) is 2. The number of aryl methyl sites for hydroxylation is 1. The van der Waals surface area contributed by atoms with Gasteiger partial charge in [0, 0.05) is 28.8 Å². The molecular weight excluding hydrogens is 375 g/mol. The zero-order valence-corrected chi connectivity index (χ0v) is 16.5. The number of fused-ring (bicyclic) bond motifs is 1. The highest BCUT2D eigenvalue weighted by Gasteiger charge is 2.16. The maximum absolute atomic E-state index is 13.1. The molecule has 0 saturated carbocycles. The molecule has 3 nitrogen and oxygen atoms in total. The van der Waals surface area contributed by atoms with Gasteiger partial charge in [0.2, 0.25) is 5.88 Å². The predicted molar refractivity (Wildman–Crippen MR) is 110 cm³/mol. The van der Waals surface area contributed by atoms with Crippen LogP contribution in [0, 0.1) is 19.7 Å². The van der Waals surface area contributed by atoms with Crippen LogP contribution in [0.15, 0.2) is 60.8 Å². The van der Waals surface area contributed by atoms with Crippen LogP contribution in [-0.2, 0) is 13.2 Å². The van der Waals surface area contributed by atoms with E-state index in [9.17, 15) is 4.39 Å². The Morgan fingerprint density at radius 1 is 0.964 bits per heavy atom. The van der Waals surface area contributed by atoms with Crippen molar-refractivity contribution in [2.24, 2.45) is 0 Å². The van der Waals surface area contributed by atoms with Crippen LogP contribution < -0.4 is 4.74 Å². The summed E-state index contributed by atoms with van der Waals surface area (Å²) in [7, 11) is 0. The molecule has 0 unspecified atom stereocenters. The topological polar surface area (TPSA) is 27.1 Å². The van der Waals surface area contributed by atoms with E-state index in [-0.39, 0.29) is 5.82 Å². The Hall–Kier alpha value is -2.85. The lowest BCUT2D eigenvalue weighted by molar-refractivity contribution is 0.296. The Kier molecular flexibility index (Phi) is 5.05. The van der Waals surface area contributed by atoms with Gasteiger partial charge in [0.25, 0.3) is 0 Å². The Balaban J connectivity index is 1.71. The van der Waals surface area contributed by atoms with Gasteiger partial charge in [-0.2, -0.15) is 0 Å². The molecule has 2 aromatic carbocycles. The summed E-state index contributed by atoms with van der Waals surface area (Å²) in [5.74, 6) is 0.319. The van der Waals surface area contributed by atoms with E-state index in [4.69, 9.17) is 16.3 Å². The van der Waals surface area contributed by atoms with E-state index in [1.54, 1.807) is 18.3 Å². The van der Waals surface area contributed by atoms with Crippen molar-refractivity contribution in [2.75, 3.05) is 0 Å². The second-order valence-corrected chi connectivity index (χ2v) is 7.29. The number of rotatable bonds is 5. The molecule has 0 saturated heterocycles. The normalized spacial score (nSPS) is 11.1. The fourth-order valence-electron chi connectivity index (χ4n) is 3.37. The number of hydrogen-bond donors (Lipinski definition) is 0. The van der Waals surface area contributed by atoms with Gasteiger partial charge >= 0.3 is 0 Å². The van der Waals surface area contributed by atoms with Gasteiger partial charge in [0.15, 0.2) is 0 Å². The molecule has 0 radical (unpaired) electrons. The second kappa shape index (κ2) is 7.64. The largest absolute Gasteiger partial charge is 0.471 e. The molecule has 0 bridgehead atoms. The maximum atomic E-state index is 13.1. The SMILES string of the molecule is Cc1c(C)n(Cc2ccc(Cl)cc2)c2c(OCc3ccc(F)cc3)nccc12. The average Bonchev–Trinajstić information content (AvgIpc) is 2.95. The van der Waals surface area contributed by atoms with Gasteiger partial charge in [0.1, 0.15) is 17.9 Å². The first-order chi connectivity index (χ1) is 13.5. The quantitative estimate of drug-likeness (QED) is 0.410. The highest BCUT2D eigenvalue weighted by atomic mass is 35.5. The van der Waals surface area contributed by atoms with Crippen LogP contribution in [0.3, 0.4) is 0 Å². The summed E-state index contributed by atoms with van der Waals surface area (Å²) in [4.78, 5) is 4.47. The van der Waals surface area contributed by atoms with Crippen LogP contribution >= 0.6 is 11.6 Å². The minimum Gasteiger partial charge on any atom is -0.471 e. The zero-order valence-electron chi connectivity index (χ0n) is 15.7. The number of aromatic nitrogens is 2. The Morgan fingerprint density at radius 2 is 1.64 bits per heavy atom. The van der Waals surface area contributed by atoms with E-state index in [0.29, 0.717) is 19.0 Å².